The van der Waals surface area contributed by atoms with Gasteiger partial charge in [0.25, 0.3) is 10.1 Å². The van der Waals surface area contributed by atoms with Crippen LogP contribution in [0.3, 0.4) is 0 Å². The van der Waals surface area contributed by atoms with E-state index in [2.05, 4.69) is 0 Å². The van der Waals surface area contributed by atoms with Crippen LogP contribution in [0.25, 0.3) is 0 Å². The smallest absolute Gasteiger partial charge is 0.294 e. The average Bonchev–Trinajstić information content (AvgIpc) is 2.02. The van der Waals surface area contributed by atoms with Gasteiger partial charge in [0.15, 0.2) is 11.1 Å². The van der Waals surface area contributed by atoms with Crippen molar-refractivity contribution in [2.75, 3.05) is 0 Å². The topological polar surface area (TPSA) is 91.7 Å². The third-order valence-electron chi connectivity index (χ3n) is 1.65. The first-order chi connectivity index (χ1) is 6.32. The molecule has 0 aromatic heterocycles. The van der Waals surface area contributed by atoms with Gasteiger partial charge >= 0.3 is 0 Å². The molecule has 0 fully saturated rings. The van der Waals surface area contributed by atoms with E-state index in [1.54, 1.807) is 6.92 Å². The number of hydrogen-bond acceptors (Lipinski definition) is 3. The van der Waals surface area contributed by atoms with Gasteiger partial charge in [-0.3, -0.25) is 4.55 Å². The van der Waals surface area contributed by atoms with Crippen LogP contribution in [0.5, 0.6) is 0 Å². The Hall–Kier alpha value is 0.344. The van der Waals surface area contributed by atoms with Gasteiger partial charge in [0.05, 0.1) is 9.79 Å². The molecule has 0 aliphatic rings. The molecular weight excluding hydrogens is 317 g/mol. The van der Waals surface area contributed by atoms with Crippen molar-refractivity contribution in [3.63, 3.8) is 0 Å². The summed E-state index contributed by atoms with van der Waals surface area (Å²) >= 11 is -2.26. The van der Waals surface area contributed by atoms with Gasteiger partial charge < -0.3 is 4.55 Å². The molecule has 0 heterocycles. The molecule has 1 unspecified atom stereocenters. The molecule has 8 heteroatoms. The van der Waals surface area contributed by atoms with Gasteiger partial charge in [-0.15, -0.1) is 0 Å². The van der Waals surface area contributed by atoms with Gasteiger partial charge in [0, 0.05) is 32.7 Å². The van der Waals surface area contributed by atoms with Crippen molar-refractivity contribution in [2.45, 2.75) is 16.7 Å². The minimum atomic E-state index is -4.32. The molecule has 0 saturated heterocycles. The summed E-state index contributed by atoms with van der Waals surface area (Å²) in [6.07, 6.45) is 0. The summed E-state index contributed by atoms with van der Waals surface area (Å²) in [6, 6.07) is 3.49. The SMILES string of the molecule is Cc1ccc(S(=O)(=O)O)cc1S(=O)O.[Y]. The van der Waals surface area contributed by atoms with Crippen molar-refractivity contribution in [1.29, 1.82) is 0 Å². The fourth-order valence-corrected chi connectivity index (χ4v) is 2.08. The molecular formula is C7H8O5S2Y. The Balaban J connectivity index is 0.00000196. The number of rotatable bonds is 2. The molecule has 0 spiro atoms. The van der Waals surface area contributed by atoms with Crippen LogP contribution in [0.2, 0.25) is 0 Å². The predicted octanol–water partition coefficient (Wildman–Crippen LogP) is 0.820. The van der Waals surface area contributed by atoms with Gasteiger partial charge in [-0.2, -0.15) is 8.42 Å². The summed E-state index contributed by atoms with van der Waals surface area (Å²) in [7, 11) is -4.32. The van der Waals surface area contributed by atoms with Crippen LogP contribution in [0.4, 0.5) is 0 Å². The van der Waals surface area contributed by atoms with Crippen molar-refractivity contribution < 1.29 is 54.4 Å². The molecule has 0 aliphatic carbocycles. The van der Waals surface area contributed by atoms with Gasteiger partial charge in [0.2, 0.25) is 0 Å². The second-order valence-electron chi connectivity index (χ2n) is 2.65. The molecule has 1 rings (SSSR count). The number of benzene rings is 1. The molecule has 15 heavy (non-hydrogen) atoms. The third kappa shape index (κ3) is 4.01. The first kappa shape index (κ1) is 15.3. The van der Waals surface area contributed by atoms with Crippen molar-refractivity contribution >= 4 is 21.2 Å². The van der Waals surface area contributed by atoms with E-state index in [1.807, 2.05) is 0 Å². The molecule has 1 radical (unpaired) electrons. The Morgan fingerprint density at radius 1 is 1.33 bits per heavy atom. The molecule has 0 saturated carbocycles. The van der Waals surface area contributed by atoms with Crippen molar-refractivity contribution in [3.8, 4) is 0 Å². The molecule has 0 aliphatic heterocycles. The molecule has 1 atom stereocenters. The van der Waals surface area contributed by atoms with Crippen molar-refractivity contribution in [1.82, 2.24) is 0 Å². The van der Waals surface area contributed by atoms with Crippen LogP contribution in [0, 0.1) is 6.92 Å². The zero-order valence-corrected chi connectivity index (χ0v) is 12.2. The molecule has 1 aromatic rings. The maximum atomic E-state index is 10.7. The van der Waals surface area contributed by atoms with Crippen LogP contribution in [-0.4, -0.2) is 21.7 Å². The van der Waals surface area contributed by atoms with E-state index >= 15 is 0 Å². The van der Waals surface area contributed by atoms with E-state index in [1.165, 1.54) is 12.1 Å². The van der Waals surface area contributed by atoms with Gasteiger partial charge in [0.1, 0.15) is 0 Å². The number of hydrogen-bond donors (Lipinski definition) is 2. The fraction of sp³-hybridized carbons (Fsp3) is 0.143. The van der Waals surface area contributed by atoms with Gasteiger partial charge in [-0.05, 0) is 24.6 Å². The second kappa shape index (κ2) is 5.61. The van der Waals surface area contributed by atoms with Crippen LogP contribution in [0.15, 0.2) is 28.0 Å². The normalized spacial score (nSPS) is 13.0. The summed E-state index contributed by atoms with van der Waals surface area (Å²) in [6.45, 7) is 1.57. The van der Waals surface area contributed by atoms with Crippen LogP contribution in [-0.2, 0) is 53.9 Å². The first-order valence-corrected chi connectivity index (χ1v) is 6.06. The van der Waals surface area contributed by atoms with Crippen molar-refractivity contribution in [2.24, 2.45) is 0 Å². The van der Waals surface area contributed by atoms with Gasteiger partial charge in [-0.25, -0.2) is 4.21 Å². The summed E-state index contributed by atoms with van der Waals surface area (Å²) in [4.78, 5) is -0.416. The van der Waals surface area contributed by atoms with E-state index < -0.39 is 21.2 Å². The Morgan fingerprint density at radius 3 is 2.27 bits per heavy atom. The minimum Gasteiger partial charge on any atom is -0.302 e. The molecule has 5 nitrogen and oxygen atoms in total. The van der Waals surface area contributed by atoms with E-state index in [-0.39, 0.29) is 42.5 Å². The standard InChI is InChI=1S/C7H8O5S2.Y/c1-5-2-3-6(14(10,11)12)4-7(5)13(8)9;/h2-4H,1H3,(H,8,9)(H,10,11,12);. The zero-order valence-electron chi connectivity index (χ0n) is 7.75. The Bertz CT molecular complexity index is 482. The minimum absolute atomic E-state index is 0. The maximum absolute atomic E-state index is 10.7. The van der Waals surface area contributed by atoms with Crippen LogP contribution < -0.4 is 0 Å². The Labute approximate surface area is 115 Å². The molecule has 1 aromatic carbocycles. The molecule has 0 amide bonds. The van der Waals surface area contributed by atoms with E-state index in [9.17, 15) is 12.6 Å². The Morgan fingerprint density at radius 2 is 1.87 bits per heavy atom. The van der Waals surface area contributed by atoms with E-state index in [0.717, 1.165) is 6.07 Å². The maximum Gasteiger partial charge on any atom is 0.294 e. The fourth-order valence-electron chi connectivity index (χ4n) is 0.929. The summed E-state index contributed by atoms with van der Waals surface area (Å²) in [5.41, 5.74) is 0.484. The van der Waals surface area contributed by atoms with E-state index in [0.29, 0.717) is 5.56 Å². The molecule has 0 bridgehead atoms. The number of aryl methyl sites for hydroxylation is 1. The molecule has 81 valence electrons. The third-order valence-corrected chi connectivity index (χ3v) is 3.31. The summed E-state index contributed by atoms with van der Waals surface area (Å²) in [5, 5.41) is 0. The largest absolute Gasteiger partial charge is 0.302 e. The van der Waals surface area contributed by atoms with Crippen LogP contribution in [0.1, 0.15) is 5.56 Å². The average molecular weight is 325 g/mol. The summed E-state index contributed by atoms with van der Waals surface area (Å²) in [5.74, 6) is 0. The quantitative estimate of drug-likeness (QED) is 0.620. The molecule has 2 N–H and O–H groups in total. The van der Waals surface area contributed by atoms with Crippen LogP contribution >= 0.6 is 0 Å². The predicted molar refractivity (Wildman–Crippen MR) is 50.0 cm³/mol. The first-order valence-electron chi connectivity index (χ1n) is 3.51. The monoisotopic (exact) mass is 325 g/mol. The zero-order chi connectivity index (χ0) is 10.9. The van der Waals surface area contributed by atoms with E-state index in [4.69, 9.17) is 9.11 Å². The van der Waals surface area contributed by atoms with Crippen molar-refractivity contribution in [3.05, 3.63) is 23.8 Å². The Kier molecular flexibility index (Phi) is 5.73. The van der Waals surface area contributed by atoms with Gasteiger partial charge in [-0.1, -0.05) is 6.07 Å². The second-order valence-corrected chi connectivity index (χ2v) is 5.01. The summed E-state index contributed by atoms with van der Waals surface area (Å²) < 4.78 is 49.6.